The summed E-state index contributed by atoms with van der Waals surface area (Å²) in [5.74, 6) is -0.893. The fourth-order valence-electron chi connectivity index (χ4n) is 3.65. The number of Topliss-reactive ketones (excluding diaryl/α,β-unsaturated/α-hetero) is 1. The highest BCUT2D eigenvalue weighted by Gasteiger charge is 2.38. The molecule has 1 aliphatic carbocycles. The van der Waals surface area contributed by atoms with Gasteiger partial charge in [0.2, 0.25) is 5.91 Å². The molecule has 31 heavy (non-hydrogen) atoms. The molecule has 9 heteroatoms. The van der Waals surface area contributed by atoms with Crippen LogP contribution in [0.2, 0.25) is 0 Å². The minimum atomic E-state index is -1.20. The maximum atomic E-state index is 12.8. The Morgan fingerprint density at radius 3 is 2.35 bits per heavy atom. The molecule has 3 N–H and O–H groups in total. The van der Waals surface area contributed by atoms with Crippen LogP contribution in [-0.2, 0) is 25.3 Å². The van der Waals surface area contributed by atoms with Gasteiger partial charge >= 0.3 is 0 Å². The van der Waals surface area contributed by atoms with E-state index < -0.39 is 23.1 Å². The molecule has 0 spiro atoms. The molecule has 8 nitrogen and oxygen atoms in total. The van der Waals surface area contributed by atoms with Crippen molar-refractivity contribution in [2.45, 2.75) is 58.5 Å². The normalized spacial score (nSPS) is 21.0. The molecule has 2 fully saturated rings. The van der Waals surface area contributed by atoms with Gasteiger partial charge in [-0.3, -0.25) is 14.4 Å². The first-order chi connectivity index (χ1) is 14.8. The van der Waals surface area contributed by atoms with Gasteiger partial charge in [0.1, 0.15) is 29.7 Å². The number of carbonyl (C=O) groups excluding carboxylic acids is 3. The number of ether oxygens (including phenoxy) is 1. The first-order valence-corrected chi connectivity index (χ1v) is 12.2. The number of rotatable bonds is 8. The number of nitrogens with one attached hydrogen (secondary N) is 3. The maximum Gasteiger partial charge on any atom is 0.251 e. The van der Waals surface area contributed by atoms with E-state index in [-0.39, 0.29) is 36.2 Å². The Bertz CT molecular complexity index is 808. The molecule has 1 saturated carbocycles. The van der Waals surface area contributed by atoms with Crippen LogP contribution in [0.5, 0.6) is 0 Å². The summed E-state index contributed by atoms with van der Waals surface area (Å²) >= 11 is 0. The van der Waals surface area contributed by atoms with Crippen LogP contribution in [0.3, 0.4) is 0 Å². The third kappa shape index (κ3) is 7.14. The number of hydrogen-bond acceptors (Lipinski definition) is 5. The maximum absolute atomic E-state index is 12.8. The van der Waals surface area contributed by atoms with Crippen molar-refractivity contribution in [2.75, 3.05) is 24.2 Å². The van der Waals surface area contributed by atoms with Crippen molar-refractivity contribution in [3.05, 3.63) is 29.8 Å². The second-order valence-corrected chi connectivity index (χ2v) is 9.18. The van der Waals surface area contributed by atoms with E-state index in [0.29, 0.717) is 17.7 Å². The monoisotopic (exact) mass is 451 g/mol. The molecule has 2 aliphatic rings. The van der Waals surface area contributed by atoms with Crippen LogP contribution in [0.4, 0.5) is 5.69 Å². The fraction of sp³-hybridized carbons (Fsp3) is 0.591. The SMILES string of the molecule is CC.CS(=O)Nc1ccc(C(=O)NC(CC2(C)CCC2)C(=O)N[C@H]2COCC2=O)cc1. The van der Waals surface area contributed by atoms with Crippen LogP contribution >= 0.6 is 0 Å². The van der Waals surface area contributed by atoms with Crippen LogP contribution < -0.4 is 15.4 Å². The van der Waals surface area contributed by atoms with E-state index in [4.69, 9.17) is 4.74 Å². The zero-order valence-electron chi connectivity index (χ0n) is 18.7. The number of anilines is 1. The van der Waals surface area contributed by atoms with E-state index in [0.717, 1.165) is 19.3 Å². The number of benzene rings is 1. The van der Waals surface area contributed by atoms with Crippen molar-refractivity contribution < 1.29 is 23.3 Å². The lowest BCUT2D eigenvalue weighted by Gasteiger charge is -2.40. The van der Waals surface area contributed by atoms with Gasteiger partial charge in [0.15, 0.2) is 5.78 Å². The van der Waals surface area contributed by atoms with Crippen LogP contribution in [0.25, 0.3) is 0 Å². The summed E-state index contributed by atoms with van der Waals surface area (Å²) in [4.78, 5) is 37.3. The lowest BCUT2D eigenvalue weighted by atomic mass is 9.67. The van der Waals surface area contributed by atoms with Gasteiger partial charge in [0.05, 0.1) is 6.61 Å². The predicted molar refractivity (Wildman–Crippen MR) is 121 cm³/mol. The van der Waals surface area contributed by atoms with Crippen molar-refractivity contribution in [2.24, 2.45) is 5.41 Å². The molecule has 1 aromatic carbocycles. The molecular weight excluding hydrogens is 418 g/mol. The Kier molecular flexibility index (Phi) is 9.18. The number of amides is 2. The Balaban J connectivity index is 0.00000166. The van der Waals surface area contributed by atoms with E-state index in [9.17, 15) is 18.6 Å². The molecule has 1 aromatic rings. The fourth-order valence-corrected chi connectivity index (χ4v) is 4.12. The minimum absolute atomic E-state index is 0.00260. The second kappa shape index (κ2) is 11.4. The Morgan fingerprint density at radius 2 is 1.87 bits per heavy atom. The molecule has 172 valence electrons. The quantitative estimate of drug-likeness (QED) is 0.561. The van der Waals surface area contributed by atoms with E-state index in [1.165, 1.54) is 6.26 Å². The van der Waals surface area contributed by atoms with Crippen molar-refractivity contribution in [1.82, 2.24) is 10.6 Å². The standard InChI is InChI=1S/C20H27N3O5S.C2H6/c1-20(8-3-9-20)10-15(19(26)22-16-11-28-12-17(16)24)21-18(25)13-4-6-14(7-5-13)23-29(2)27;1-2/h4-7,15-16,23H,3,8-12H2,1-2H3,(H,21,25)(H,22,26);1-2H3/t15?,16-,29?;/m0./s1. The van der Waals surface area contributed by atoms with Crippen molar-refractivity contribution in [1.29, 1.82) is 0 Å². The zero-order chi connectivity index (χ0) is 23.0. The molecule has 3 rings (SSSR count). The van der Waals surface area contributed by atoms with Gasteiger partial charge in [-0.1, -0.05) is 27.2 Å². The van der Waals surface area contributed by atoms with Crippen molar-refractivity contribution in [3.8, 4) is 0 Å². The third-order valence-electron chi connectivity index (χ3n) is 5.52. The summed E-state index contributed by atoms with van der Waals surface area (Å²) in [6.07, 6.45) is 5.16. The highest BCUT2D eigenvalue weighted by atomic mass is 32.2. The van der Waals surface area contributed by atoms with E-state index in [1.54, 1.807) is 24.3 Å². The van der Waals surface area contributed by atoms with E-state index in [1.807, 2.05) is 13.8 Å². The molecule has 1 heterocycles. The highest BCUT2D eigenvalue weighted by Crippen LogP contribution is 2.44. The van der Waals surface area contributed by atoms with Crippen molar-refractivity contribution in [3.63, 3.8) is 0 Å². The van der Waals surface area contributed by atoms with E-state index in [2.05, 4.69) is 22.3 Å². The van der Waals surface area contributed by atoms with Crippen LogP contribution in [0, 0.1) is 5.41 Å². The van der Waals surface area contributed by atoms with Gasteiger partial charge in [-0.15, -0.1) is 0 Å². The molecule has 2 amide bonds. The lowest BCUT2D eigenvalue weighted by Crippen LogP contribution is -2.53. The largest absolute Gasteiger partial charge is 0.371 e. The smallest absolute Gasteiger partial charge is 0.251 e. The number of carbonyl (C=O) groups is 3. The Morgan fingerprint density at radius 1 is 1.23 bits per heavy atom. The topological polar surface area (TPSA) is 114 Å². The molecule has 1 aliphatic heterocycles. The predicted octanol–water partition coefficient (Wildman–Crippen LogP) is 2.18. The van der Waals surface area contributed by atoms with Crippen LogP contribution in [0.1, 0.15) is 56.8 Å². The second-order valence-electron chi connectivity index (χ2n) is 8.07. The summed E-state index contributed by atoms with van der Waals surface area (Å²) in [5.41, 5.74) is 1.04. The van der Waals surface area contributed by atoms with Crippen LogP contribution in [0.15, 0.2) is 24.3 Å². The third-order valence-corrected chi connectivity index (χ3v) is 6.05. The van der Waals surface area contributed by atoms with Gasteiger partial charge in [-0.2, -0.15) is 0 Å². The average Bonchev–Trinajstić information content (AvgIpc) is 3.12. The highest BCUT2D eigenvalue weighted by molar-refractivity contribution is 7.85. The molecule has 1 saturated heterocycles. The van der Waals surface area contributed by atoms with Gasteiger partial charge in [-0.05, 0) is 48.9 Å². The lowest BCUT2D eigenvalue weighted by molar-refractivity contribution is -0.128. The Hall–Kier alpha value is -2.26. The summed E-state index contributed by atoms with van der Waals surface area (Å²) < 4.78 is 19.1. The molecular formula is C22H33N3O5S. The summed E-state index contributed by atoms with van der Waals surface area (Å²) in [6.45, 7) is 6.27. The molecule has 3 atom stereocenters. The molecule has 2 unspecified atom stereocenters. The summed E-state index contributed by atoms with van der Waals surface area (Å²) in [7, 11) is -1.20. The van der Waals surface area contributed by atoms with Gasteiger partial charge < -0.3 is 20.1 Å². The summed E-state index contributed by atoms with van der Waals surface area (Å²) in [6, 6.07) is 5.15. The van der Waals surface area contributed by atoms with Gasteiger partial charge in [0, 0.05) is 17.5 Å². The summed E-state index contributed by atoms with van der Waals surface area (Å²) in [5, 5.41) is 5.54. The van der Waals surface area contributed by atoms with Gasteiger partial charge in [-0.25, -0.2) is 4.21 Å². The van der Waals surface area contributed by atoms with Crippen molar-refractivity contribution >= 4 is 34.3 Å². The first-order valence-electron chi connectivity index (χ1n) is 10.7. The first kappa shape index (κ1) is 25.0. The number of hydrogen-bond donors (Lipinski definition) is 3. The average molecular weight is 452 g/mol. The minimum Gasteiger partial charge on any atom is -0.371 e. The van der Waals surface area contributed by atoms with Gasteiger partial charge in [0.25, 0.3) is 5.91 Å². The Labute approximate surface area is 186 Å². The number of ketones is 1. The molecule has 0 radical (unpaired) electrons. The van der Waals surface area contributed by atoms with Crippen LogP contribution in [-0.4, -0.2) is 53.4 Å². The van der Waals surface area contributed by atoms with E-state index >= 15 is 0 Å². The molecule has 0 bridgehead atoms. The molecule has 0 aromatic heterocycles. The zero-order valence-corrected chi connectivity index (χ0v) is 19.5.